The fourth-order valence-electron chi connectivity index (χ4n) is 4.95. The molecule has 38 heavy (non-hydrogen) atoms. The van der Waals surface area contributed by atoms with Crippen LogP contribution < -0.4 is 14.4 Å². The molecule has 7 nitrogen and oxygen atoms in total. The van der Waals surface area contributed by atoms with E-state index in [0.29, 0.717) is 28.5 Å². The van der Waals surface area contributed by atoms with Crippen molar-refractivity contribution < 1.29 is 19.1 Å². The van der Waals surface area contributed by atoms with Crippen LogP contribution in [0.2, 0.25) is 0 Å². The van der Waals surface area contributed by atoms with Crippen LogP contribution in [0.15, 0.2) is 60.2 Å². The van der Waals surface area contributed by atoms with E-state index in [-0.39, 0.29) is 18.4 Å². The maximum absolute atomic E-state index is 13.5. The first-order valence-electron chi connectivity index (χ1n) is 13.4. The average Bonchev–Trinajstić information content (AvgIpc) is 3.20. The van der Waals surface area contributed by atoms with Gasteiger partial charge in [-0.25, -0.2) is 0 Å². The van der Waals surface area contributed by atoms with Crippen molar-refractivity contribution in [1.82, 2.24) is 9.80 Å². The number of amides is 2. The predicted octanol–water partition coefficient (Wildman–Crippen LogP) is 5.17. The Morgan fingerprint density at radius 3 is 2.39 bits per heavy atom. The molecule has 2 aliphatic rings. The number of hydrogen-bond donors (Lipinski definition) is 0. The monoisotopic (exact) mass is 517 g/mol. The van der Waals surface area contributed by atoms with E-state index < -0.39 is 0 Å². The van der Waals surface area contributed by atoms with Gasteiger partial charge in [0, 0.05) is 32.7 Å². The van der Waals surface area contributed by atoms with Gasteiger partial charge in [-0.05, 0) is 48.2 Å². The number of anilines is 1. The SMILES string of the molecule is C/C=C(\C=C/C(C)CC)CN1CCN(c2cccc3c2C(=O)N(Cc2ccc(OC)c(OC)c2)C3=O)CC1. The fraction of sp³-hybridized carbons (Fsp3) is 0.419. The molecule has 2 heterocycles. The second-order valence-corrected chi connectivity index (χ2v) is 9.96. The quantitative estimate of drug-likeness (QED) is 0.320. The second kappa shape index (κ2) is 12.3. The van der Waals surface area contributed by atoms with Crippen molar-refractivity contribution in [3.05, 3.63) is 76.9 Å². The Morgan fingerprint density at radius 1 is 1.00 bits per heavy atom. The first kappa shape index (κ1) is 27.5. The number of rotatable bonds is 10. The maximum atomic E-state index is 13.5. The third-order valence-electron chi connectivity index (χ3n) is 7.54. The zero-order chi connectivity index (χ0) is 27.2. The topological polar surface area (TPSA) is 62.3 Å². The number of benzene rings is 2. The largest absolute Gasteiger partial charge is 0.493 e. The van der Waals surface area contributed by atoms with E-state index >= 15 is 0 Å². The molecule has 2 aromatic carbocycles. The number of carbonyl (C=O) groups is 2. The van der Waals surface area contributed by atoms with Gasteiger partial charge in [0.1, 0.15) is 0 Å². The highest BCUT2D eigenvalue weighted by atomic mass is 16.5. The Balaban J connectivity index is 1.45. The van der Waals surface area contributed by atoms with Gasteiger partial charge in [0.25, 0.3) is 11.8 Å². The molecule has 1 saturated heterocycles. The summed E-state index contributed by atoms with van der Waals surface area (Å²) in [5.74, 6) is 1.24. The third-order valence-corrected chi connectivity index (χ3v) is 7.54. The van der Waals surface area contributed by atoms with Gasteiger partial charge in [-0.1, -0.05) is 50.6 Å². The van der Waals surface area contributed by atoms with Crippen LogP contribution in [0, 0.1) is 5.92 Å². The number of fused-ring (bicyclic) bond motifs is 1. The normalized spacial score (nSPS) is 17.3. The smallest absolute Gasteiger partial charge is 0.263 e. The van der Waals surface area contributed by atoms with E-state index in [9.17, 15) is 9.59 Å². The Bertz CT molecular complexity index is 1230. The summed E-state index contributed by atoms with van der Waals surface area (Å²) in [5.41, 5.74) is 3.96. The van der Waals surface area contributed by atoms with Gasteiger partial charge in [0.15, 0.2) is 11.5 Å². The second-order valence-electron chi connectivity index (χ2n) is 9.96. The summed E-state index contributed by atoms with van der Waals surface area (Å²) in [6.07, 6.45) is 7.87. The highest BCUT2D eigenvalue weighted by Gasteiger charge is 2.38. The van der Waals surface area contributed by atoms with E-state index in [2.05, 4.69) is 48.8 Å². The minimum absolute atomic E-state index is 0.177. The molecular formula is C31H39N3O4. The van der Waals surface area contributed by atoms with Crippen molar-refractivity contribution in [3.63, 3.8) is 0 Å². The minimum atomic E-state index is -0.258. The highest BCUT2D eigenvalue weighted by molar-refractivity contribution is 6.23. The van der Waals surface area contributed by atoms with Crippen molar-refractivity contribution in [2.75, 3.05) is 51.8 Å². The zero-order valence-corrected chi connectivity index (χ0v) is 23.2. The molecule has 0 bridgehead atoms. The molecule has 1 unspecified atom stereocenters. The lowest BCUT2D eigenvalue weighted by Crippen LogP contribution is -2.47. The molecule has 0 N–H and O–H groups in total. The van der Waals surface area contributed by atoms with Gasteiger partial charge >= 0.3 is 0 Å². The molecule has 2 aromatic rings. The number of nitrogens with zero attached hydrogens (tertiary/aromatic N) is 3. The van der Waals surface area contributed by atoms with Crippen molar-refractivity contribution >= 4 is 17.5 Å². The number of allylic oxidation sites excluding steroid dienone is 2. The lowest BCUT2D eigenvalue weighted by molar-refractivity contribution is 0.0642. The van der Waals surface area contributed by atoms with Crippen LogP contribution in [-0.4, -0.2) is 68.6 Å². The standard InChI is InChI=1S/C31H39N3O4/c1-6-22(3)11-12-23(7-2)20-32-15-17-33(18-16-32)26-10-8-9-25-29(26)31(36)34(30(25)35)21-24-13-14-27(37-4)28(19-24)38-5/h7-14,19,22H,6,15-18,20-21H2,1-5H3/b12-11-,23-7+. The Labute approximate surface area is 226 Å². The van der Waals surface area contributed by atoms with Crippen molar-refractivity contribution in [2.45, 2.75) is 33.7 Å². The minimum Gasteiger partial charge on any atom is -0.493 e. The van der Waals surface area contributed by atoms with Crippen LogP contribution in [0.5, 0.6) is 11.5 Å². The molecule has 0 radical (unpaired) electrons. The number of methoxy groups -OCH3 is 2. The third kappa shape index (κ3) is 5.78. The Morgan fingerprint density at radius 2 is 1.74 bits per heavy atom. The average molecular weight is 518 g/mol. The number of imide groups is 1. The number of hydrogen-bond acceptors (Lipinski definition) is 6. The van der Waals surface area contributed by atoms with Gasteiger partial charge in [0.2, 0.25) is 0 Å². The molecule has 0 aromatic heterocycles. The molecule has 0 aliphatic carbocycles. The Kier molecular flexibility index (Phi) is 8.89. The van der Waals surface area contributed by atoms with Crippen LogP contribution in [0.4, 0.5) is 5.69 Å². The van der Waals surface area contributed by atoms with Crippen LogP contribution in [0.1, 0.15) is 53.5 Å². The molecular weight excluding hydrogens is 478 g/mol. The molecule has 4 rings (SSSR count). The van der Waals surface area contributed by atoms with Crippen molar-refractivity contribution in [3.8, 4) is 11.5 Å². The molecule has 0 spiro atoms. The summed E-state index contributed by atoms with van der Waals surface area (Å²) in [7, 11) is 3.15. The van der Waals surface area contributed by atoms with E-state index in [1.165, 1.54) is 10.5 Å². The number of piperazine rings is 1. The summed E-state index contributed by atoms with van der Waals surface area (Å²) in [4.78, 5) is 32.8. The summed E-state index contributed by atoms with van der Waals surface area (Å²) in [6, 6.07) is 11.0. The van der Waals surface area contributed by atoms with Crippen LogP contribution in [0.3, 0.4) is 0 Å². The van der Waals surface area contributed by atoms with Crippen LogP contribution in [0.25, 0.3) is 0 Å². The molecule has 7 heteroatoms. The van der Waals surface area contributed by atoms with Crippen LogP contribution >= 0.6 is 0 Å². The van der Waals surface area contributed by atoms with E-state index in [4.69, 9.17) is 9.47 Å². The zero-order valence-electron chi connectivity index (χ0n) is 23.2. The first-order valence-corrected chi connectivity index (χ1v) is 13.4. The first-order chi connectivity index (χ1) is 18.4. The maximum Gasteiger partial charge on any atom is 0.263 e. The number of ether oxygens (including phenoxy) is 2. The summed E-state index contributed by atoms with van der Waals surface area (Å²) in [5, 5.41) is 0. The molecule has 0 saturated carbocycles. The summed E-state index contributed by atoms with van der Waals surface area (Å²) in [6.45, 7) is 11.0. The lowest BCUT2D eigenvalue weighted by atomic mass is 10.1. The molecule has 2 amide bonds. The van der Waals surface area contributed by atoms with Gasteiger partial charge in [-0.2, -0.15) is 0 Å². The summed E-state index contributed by atoms with van der Waals surface area (Å²) < 4.78 is 10.7. The molecule has 1 fully saturated rings. The summed E-state index contributed by atoms with van der Waals surface area (Å²) >= 11 is 0. The lowest BCUT2D eigenvalue weighted by Gasteiger charge is -2.37. The molecule has 1 atom stereocenters. The van der Waals surface area contributed by atoms with Gasteiger partial charge in [-0.3, -0.25) is 19.4 Å². The molecule has 202 valence electrons. The van der Waals surface area contributed by atoms with Gasteiger partial charge < -0.3 is 14.4 Å². The molecule has 2 aliphatic heterocycles. The van der Waals surface area contributed by atoms with Crippen molar-refractivity contribution in [2.24, 2.45) is 5.92 Å². The Hall–Kier alpha value is -3.58. The van der Waals surface area contributed by atoms with E-state index in [1.807, 2.05) is 18.2 Å². The number of carbonyl (C=O) groups excluding carboxylic acids is 2. The van der Waals surface area contributed by atoms with Gasteiger partial charge in [0.05, 0.1) is 37.6 Å². The predicted molar refractivity (Wildman–Crippen MR) is 151 cm³/mol. The van der Waals surface area contributed by atoms with E-state index in [0.717, 1.165) is 50.4 Å². The van der Waals surface area contributed by atoms with Crippen molar-refractivity contribution in [1.29, 1.82) is 0 Å². The van der Waals surface area contributed by atoms with Gasteiger partial charge in [-0.15, -0.1) is 0 Å². The van der Waals surface area contributed by atoms with Crippen LogP contribution in [-0.2, 0) is 6.54 Å². The van der Waals surface area contributed by atoms with E-state index in [1.54, 1.807) is 32.4 Å². The highest BCUT2D eigenvalue weighted by Crippen LogP contribution is 2.34. The fourth-order valence-corrected chi connectivity index (χ4v) is 4.95.